The third-order valence-electron chi connectivity index (χ3n) is 4.74. The molecule has 0 aliphatic rings. The quantitative estimate of drug-likeness (QED) is 0.589. The smallest absolute Gasteiger partial charge is 0.272 e. The van der Waals surface area contributed by atoms with Crippen LogP contribution in [-0.2, 0) is 13.0 Å². The van der Waals surface area contributed by atoms with Crippen LogP contribution >= 0.6 is 0 Å². The maximum atomic E-state index is 12.8. The topological polar surface area (TPSA) is 54.5 Å². The van der Waals surface area contributed by atoms with Gasteiger partial charge in [-0.25, -0.2) is 4.98 Å². The van der Waals surface area contributed by atoms with E-state index < -0.39 is 0 Å². The first kappa shape index (κ1) is 20.4. The van der Waals surface area contributed by atoms with Gasteiger partial charge in [0, 0.05) is 19.6 Å². The number of aromatic nitrogens is 1. The summed E-state index contributed by atoms with van der Waals surface area (Å²) in [6, 6.07) is 21.7. The second-order valence-electron chi connectivity index (χ2n) is 6.77. The normalized spacial score (nSPS) is 10.4. The summed E-state index contributed by atoms with van der Waals surface area (Å²) in [7, 11) is 1.67. The first-order valence-electron chi connectivity index (χ1n) is 9.85. The lowest BCUT2D eigenvalue weighted by Gasteiger charge is -2.20. The molecule has 29 heavy (non-hydrogen) atoms. The fourth-order valence-corrected chi connectivity index (χ4v) is 3.10. The van der Waals surface area contributed by atoms with E-state index in [4.69, 9.17) is 4.74 Å². The van der Waals surface area contributed by atoms with Gasteiger partial charge in [-0.1, -0.05) is 42.5 Å². The molecule has 0 spiro atoms. The number of rotatable bonds is 9. The van der Waals surface area contributed by atoms with Crippen LogP contribution in [0.5, 0.6) is 5.75 Å². The summed E-state index contributed by atoms with van der Waals surface area (Å²) in [6.45, 7) is 3.97. The Morgan fingerprint density at radius 2 is 1.83 bits per heavy atom. The summed E-state index contributed by atoms with van der Waals surface area (Å²) in [5.41, 5.74) is 3.67. The van der Waals surface area contributed by atoms with Crippen LogP contribution in [0.4, 0.5) is 5.69 Å². The van der Waals surface area contributed by atoms with Crippen molar-refractivity contribution in [3.8, 4) is 5.75 Å². The van der Waals surface area contributed by atoms with Gasteiger partial charge in [0.2, 0.25) is 0 Å². The molecule has 5 nitrogen and oxygen atoms in total. The van der Waals surface area contributed by atoms with E-state index in [0.717, 1.165) is 30.0 Å². The zero-order valence-electron chi connectivity index (χ0n) is 17.0. The number of hydrogen-bond acceptors (Lipinski definition) is 4. The number of amides is 1. The maximum Gasteiger partial charge on any atom is 0.272 e. The van der Waals surface area contributed by atoms with Crippen molar-refractivity contribution in [2.75, 3.05) is 25.5 Å². The fourth-order valence-electron chi connectivity index (χ4n) is 3.10. The van der Waals surface area contributed by atoms with Gasteiger partial charge < -0.3 is 15.0 Å². The number of methoxy groups -OCH3 is 1. The number of hydrogen-bond donors (Lipinski definition) is 1. The Hall–Kier alpha value is -3.34. The highest BCUT2D eigenvalue weighted by atomic mass is 16.5. The van der Waals surface area contributed by atoms with Gasteiger partial charge in [0.1, 0.15) is 11.4 Å². The van der Waals surface area contributed by atoms with Gasteiger partial charge in [-0.15, -0.1) is 0 Å². The molecule has 5 heteroatoms. The minimum absolute atomic E-state index is 0.0562. The van der Waals surface area contributed by atoms with Crippen LogP contribution in [0.25, 0.3) is 0 Å². The molecule has 150 valence electrons. The van der Waals surface area contributed by atoms with Gasteiger partial charge in [0.05, 0.1) is 19.0 Å². The molecule has 0 radical (unpaired) electrons. The maximum absolute atomic E-state index is 12.8. The predicted molar refractivity (Wildman–Crippen MR) is 116 cm³/mol. The standard InChI is InChI=1S/C24H27N3O2/c1-3-27(18-20-8-5-4-6-9-20)24(28)23-13-12-21(17-26-23)25-15-14-19-10-7-11-22(16-19)29-2/h4-13,16-17,25H,3,14-15,18H2,1-2H3. The number of carbonyl (C=O) groups is 1. The van der Waals surface area contributed by atoms with E-state index in [-0.39, 0.29) is 5.91 Å². The average Bonchev–Trinajstić information content (AvgIpc) is 2.78. The zero-order valence-corrected chi connectivity index (χ0v) is 17.0. The SMILES string of the molecule is CCN(Cc1ccccc1)C(=O)c1ccc(NCCc2cccc(OC)c2)cn1. The molecule has 0 aliphatic carbocycles. The molecule has 0 saturated carbocycles. The molecule has 0 bridgehead atoms. The monoisotopic (exact) mass is 389 g/mol. The number of nitrogens with zero attached hydrogens (tertiary/aromatic N) is 2. The molecule has 1 aromatic heterocycles. The van der Waals surface area contributed by atoms with Crippen molar-refractivity contribution in [2.24, 2.45) is 0 Å². The zero-order chi connectivity index (χ0) is 20.5. The lowest BCUT2D eigenvalue weighted by Crippen LogP contribution is -2.30. The van der Waals surface area contributed by atoms with Gasteiger partial charge in [-0.05, 0) is 48.7 Å². The number of anilines is 1. The minimum atomic E-state index is -0.0562. The molecule has 2 aromatic carbocycles. The summed E-state index contributed by atoms with van der Waals surface area (Å²) in [5.74, 6) is 0.808. The van der Waals surface area contributed by atoms with E-state index in [1.165, 1.54) is 5.56 Å². The van der Waals surface area contributed by atoms with Crippen LogP contribution in [0, 0.1) is 0 Å². The van der Waals surface area contributed by atoms with Crippen LogP contribution in [0.3, 0.4) is 0 Å². The Morgan fingerprint density at radius 1 is 1.03 bits per heavy atom. The number of carbonyl (C=O) groups excluding carboxylic acids is 1. The van der Waals surface area contributed by atoms with Gasteiger partial charge in [-0.3, -0.25) is 4.79 Å². The molecule has 0 saturated heterocycles. The number of nitrogens with one attached hydrogen (secondary N) is 1. The first-order chi connectivity index (χ1) is 14.2. The van der Waals surface area contributed by atoms with Crippen molar-refractivity contribution in [3.05, 3.63) is 89.7 Å². The molecule has 3 rings (SSSR count). The summed E-state index contributed by atoms with van der Waals surface area (Å²) in [6.07, 6.45) is 2.59. The van der Waals surface area contributed by atoms with Crippen molar-refractivity contribution < 1.29 is 9.53 Å². The molecule has 1 heterocycles. The van der Waals surface area contributed by atoms with Crippen molar-refractivity contribution in [1.82, 2.24) is 9.88 Å². The molecule has 0 fully saturated rings. The first-order valence-corrected chi connectivity index (χ1v) is 9.85. The molecular formula is C24H27N3O2. The Kier molecular flexibility index (Phi) is 7.22. The lowest BCUT2D eigenvalue weighted by molar-refractivity contribution is 0.0746. The van der Waals surface area contributed by atoms with E-state index in [1.807, 2.05) is 61.5 Å². The third kappa shape index (κ3) is 5.82. The van der Waals surface area contributed by atoms with Crippen LogP contribution < -0.4 is 10.1 Å². The molecular weight excluding hydrogens is 362 g/mol. The number of ether oxygens (including phenoxy) is 1. The summed E-state index contributed by atoms with van der Waals surface area (Å²) < 4.78 is 5.25. The van der Waals surface area contributed by atoms with Gasteiger partial charge in [0.15, 0.2) is 0 Å². The van der Waals surface area contributed by atoms with Crippen molar-refractivity contribution >= 4 is 11.6 Å². The predicted octanol–water partition coefficient (Wildman–Crippen LogP) is 4.41. The Labute approximate surface area is 172 Å². The molecule has 1 N–H and O–H groups in total. The fraction of sp³-hybridized carbons (Fsp3) is 0.250. The molecule has 0 atom stereocenters. The molecule has 0 aliphatic heterocycles. The average molecular weight is 389 g/mol. The Balaban J connectivity index is 1.55. The highest BCUT2D eigenvalue weighted by molar-refractivity contribution is 5.92. The van der Waals surface area contributed by atoms with Crippen LogP contribution in [0.15, 0.2) is 72.9 Å². The number of benzene rings is 2. The largest absolute Gasteiger partial charge is 0.497 e. The van der Waals surface area contributed by atoms with Gasteiger partial charge >= 0.3 is 0 Å². The van der Waals surface area contributed by atoms with E-state index in [2.05, 4.69) is 16.4 Å². The minimum Gasteiger partial charge on any atom is -0.497 e. The Bertz CT molecular complexity index is 911. The summed E-state index contributed by atoms with van der Waals surface area (Å²) in [4.78, 5) is 18.9. The van der Waals surface area contributed by atoms with Crippen LogP contribution in [0.1, 0.15) is 28.5 Å². The number of pyridine rings is 1. The van der Waals surface area contributed by atoms with Crippen LogP contribution in [0.2, 0.25) is 0 Å². The highest BCUT2D eigenvalue weighted by Crippen LogP contribution is 2.14. The van der Waals surface area contributed by atoms with Crippen LogP contribution in [-0.4, -0.2) is 36.0 Å². The van der Waals surface area contributed by atoms with E-state index in [9.17, 15) is 4.79 Å². The molecule has 0 unspecified atom stereocenters. The highest BCUT2D eigenvalue weighted by Gasteiger charge is 2.15. The Morgan fingerprint density at radius 3 is 2.52 bits per heavy atom. The van der Waals surface area contributed by atoms with Crippen molar-refractivity contribution in [3.63, 3.8) is 0 Å². The molecule has 1 amide bonds. The van der Waals surface area contributed by atoms with E-state index in [1.54, 1.807) is 24.3 Å². The van der Waals surface area contributed by atoms with E-state index >= 15 is 0 Å². The second-order valence-corrected chi connectivity index (χ2v) is 6.77. The summed E-state index contributed by atoms with van der Waals surface area (Å²) in [5, 5.41) is 3.35. The third-order valence-corrected chi connectivity index (χ3v) is 4.74. The van der Waals surface area contributed by atoms with Gasteiger partial charge in [-0.2, -0.15) is 0 Å². The summed E-state index contributed by atoms with van der Waals surface area (Å²) >= 11 is 0. The van der Waals surface area contributed by atoms with Crippen molar-refractivity contribution in [1.29, 1.82) is 0 Å². The van der Waals surface area contributed by atoms with Gasteiger partial charge in [0.25, 0.3) is 5.91 Å². The van der Waals surface area contributed by atoms with E-state index in [0.29, 0.717) is 18.8 Å². The second kappa shape index (κ2) is 10.3. The van der Waals surface area contributed by atoms with Crippen molar-refractivity contribution in [2.45, 2.75) is 19.9 Å². The molecule has 3 aromatic rings. The lowest BCUT2D eigenvalue weighted by atomic mass is 10.1.